The summed E-state index contributed by atoms with van der Waals surface area (Å²) >= 11 is 9.10. The number of rotatable bonds is 12. The number of hydrogen-bond donors (Lipinski definition) is 2. The first-order valence-electron chi connectivity index (χ1n) is 12.4. The standard InChI is InChI=1S/C30H29ClN2O4S2.Li.H/c1-19-5-3-4-6-24(19)26-15-20(7-12-25(26)28(34)33-27(30(35)36)13-14-38-2)17-37-18-23-16-32-29(39-23)21-8-10-22(31)11-9-21;;/h3-12,15-16,27H,13-14,17-18H2,1-2H3,(H,33,34)(H,35,36);;. The number of ether oxygens (including phenoxy) is 1. The summed E-state index contributed by atoms with van der Waals surface area (Å²) in [6.07, 6.45) is 4.08. The Labute approximate surface area is 259 Å². The molecule has 1 unspecified atom stereocenters. The van der Waals surface area contributed by atoms with Crippen LogP contribution in [0.2, 0.25) is 5.02 Å². The number of nitrogens with zero attached hydrogens (tertiary/aromatic N) is 1. The van der Waals surface area contributed by atoms with Gasteiger partial charge >= 0.3 is 24.8 Å². The van der Waals surface area contributed by atoms with Gasteiger partial charge in [0.25, 0.3) is 5.91 Å². The zero-order valence-electron chi connectivity index (χ0n) is 21.6. The number of aryl methyl sites for hydroxylation is 1. The Morgan fingerprint density at radius 1 is 1.07 bits per heavy atom. The van der Waals surface area contributed by atoms with Crippen molar-refractivity contribution in [2.75, 3.05) is 12.0 Å². The molecule has 0 aliphatic carbocycles. The van der Waals surface area contributed by atoms with E-state index in [9.17, 15) is 14.7 Å². The molecule has 0 spiro atoms. The summed E-state index contributed by atoms with van der Waals surface area (Å²) in [5.41, 5.74) is 5.01. The number of benzene rings is 3. The number of thioether (sulfide) groups is 1. The predicted octanol–water partition coefficient (Wildman–Crippen LogP) is 6.44. The number of carbonyl (C=O) groups excluding carboxylic acids is 1. The Hall–Kier alpha value is -2.57. The van der Waals surface area contributed by atoms with Gasteiger partial charge in [-0.2, -0.15) is 11.8 Å². The number of halogens is 1. The second-order valence-corrected chi connectivity index (χ2v) is 11.5. The van der Waals surface area contributed by atoms with E-state index in [-0.39, 0.29) is 18.9 Å². The van der Waals surface area contributed by atoms with Gasteiger partial charge in [0.15, 0.2) is 0 Å². The van der Waals surface area contributed by atoms with Crippen molar-refractivity contribution in [3.8, 4) is 21.7 Å². The molecule has 3 aromatic carbocycles. The average Bonchev–Trinajstić information content (AvgIpc) is 3.40. The molecule has 0 aliphatic rings. The number of hydrogen-bond acceptors (Lipinski definition) is 6. The zero-order valence-corrected chi connectivity index (χ0v) is 24.0. The second-order valence-electron chi connectivity index (χ2n) is 8.97. The third kappa shape index (κ3) is 8.47. The molecule has 0 radical (unpaired) electrons. The van der Waals surface area contributed by atoms with E-state index in [4.69, 9.17) is 16.3 Å². The van der Waals surface area contributed by atoms with Crippen LogP contribution >= 0.6 is 34.7 Å². The van der Waals surface area contributed by atoms with E-state index in [0.29, 0.717) is 36.0 Å². The number of carboxylic acid groups (broad SMARTS) is 1. The van der Waals surface area contributed by atoms with Crippen LogP contribution in [0.25, 0.3) is 21.7 Å². The van der Waals surface area contributed by atoms with Crippen LogP contribution in [-0.2, 0) is 22.7 Å². The maximum absolute atomic E-state index is 13.3. The van der Waals surface area contributed by atoms with Crippen molar-refractivity contribution < 1.29 is 19.4 Å². The Bertz CT molecular complexity index is 1450. The summed E-state index contributed by atoms with van der Waals surface area (Å²) in [6.45, 7) is 2.74. The summed E-state index contributed by atoms with van der Waals surface area (Å²) in [7, 11) is 0. The van der Waals surface area contributed by atoms with Crippen LogP contribution in [0.1, 0.15) is 32.8 Å². The number of nitrogens with one attached hydrogen (secondary N) is 1. The van der Waals surface area contributed by atoms with E-state index in [2.05, 4.69) is 10.3 Å². The minimum atomic E-state index is -1.04. The van der Waals surface area contributed by atoms with E-state index in [0.717, 1.165) is 37.7 Å². The molecule has 4 rings (SSSR count). The van der Waals surface area contributed by atoms with Gasteiger partial charge in [-0.15, -0.1) is 11.3 Å². The van der Waals surface area contributed by atoms with E-state index in [1.54, 1.807) is 29.2 Å². The van der Waals surface area contributed by atoms with Crippen molar-refractivity contribution in [2.24, 2.45) is 0 Å². The normalized spacial score (nSPS) is 11.5. The average molecular weight is 589 g/mol. The van der Waals surface area contributed by atoms with Crippen LogP contribution in [0.4, 0.5) is 0 Å². The molecule has 1 heterocycles. The van der Waals surface area contributed by atoms with Gasteiger partial charge in [-0.05, 0) is 71.9 Å². The number of aliphatic carboxylic acids is 1. The topological polar surface area (TPSA) is 88.5 Å². The monoisotopic (exact) mass is 588 g/mol. The molecule has 10 heteroatoms. The molecule has 1 atom stereocenters. The number of carbonyl (C=O) groups is 2. The second kappa shape index (κ2) is 15.4. The molecule has 0 fully saturated rings. The van der Waals surface area contributed by atoms with Gasteiger partial charge in [0.05, 0.1) is 18.1 Å². The van der Waals surface area contributed by atoms with Gasteiger partial charge in [-0.3, -0.25) is 4.79 Å². The molecule has 2 N–H and O–H groups in total. The first-order valence-corrected chi connectivity index (χ1v) is 14.9. The van der Waals surface area contributed by atoms with Crippen molar-refractivity contribution >= 4 is 65.4 Å². The first-order chi connectivity index (χ1) is 18.9. The fourth-order valence-corrected chi connectivity index (χ4v) is 5.53. The van der Waals surface area contributed by atoms with Crippen LogP contribution in [0.3, 0.4) is 0 Å². The van der Waals surface area contributed by atoms with Gasteiger partial charge in [0.1, 0.15) is 11.0 Å². The van der Waals surface area contributed by atoms with Gasteiger partial charge < -0.3 is 15.2 Å². The summed E-state index contributed by atoms with van der Waals surface area (Å²) in [4.78, 5) is 30.5. The Morgan fingerprint density at radius 2 is 1.82 bits per heavy atom. The molecule has 0 bridgehead atoms. The fraction of sp³-hybridized carbons (Fsp3) is 0.233. The van der Waals surface area contributed by atoms with Crippen LogP contribution < -0.4 is 5.32 Å². The molecule has 0 saturated heterocycles. The number of thiazole rings is 1. The molecule has 204 valence electrons. The Morgan fingerprint density at radius 3 is 2.52 bits per heavy atom. The quantitative estimate of drug-likeness (QED) is 0.185. The number of carboxylic acids is 1. The molecule has 0 aliphatic heterocycles. The fourth-order valence-electron chi connectivity index (χ4n) is 4.08. The van der Waals surface area contributed by atoms with Gasteiger partial charge in [0, 0.05) is 22.3 Å². The van der Waals surface area contributed by atoms with Crippen molar-refractivity contribution in [1.82, 2.24) is 10.3 Å². The molecular weight excluding hydrogens is 559 g/mol. The van der Waals surface area contributed by atoms with E-state index in [1.807, 2.05) is 80.0 Å². The third-order valence-electron chi connectivity index (χ3n) is 6.14. The molecule has 0 saturated carbocycles. The van der Waals surface area contributed by atoms with Crippen LogP contribution in [0, 0.1) is 6.92 Å². The van der Waals surface area contributed by atoms with Crippen molar-refractivity contribution in [3.63, 3.8) is 0 Å². The van der Waals surface area contributed by atoms with Gasteiger partial charge in [-0.25, -0.2) is 9.78 Å². The number of amides is 1. The zero-order chi connectivity index (χ0) is 27.8. The Balaban J connectivity index is 0.00000441. The predicted molar refractivity (Wildman–Crippen MR) is 167 cm³/mol. The molecule has 40 heavy (non-hydrogen) atoms. The summed E-state index contributed by atoms with van der Waals surface area (Å²) in [5.74, 6) is -0.810. The van der Waals surface area contributed by atoms with Crippen LogP contribution in [-0.4, -0.2) is 58.9 Å². The minimum absolute atomic E-state index is 0. The number of aromatic nitrogens is 1. The molecular formula is C30H30ClLiN2O4S2. The summed E-state index contributed by atoms with van der Waals surface area (Å²) in [6, 6.07) is 20.0. The van der Waals surface area contributed by atoms with E-state index in [1.165, 1.54) is 0 Å². The van der Waals surface area contributed by atoms with Crippen molar-refractivity contribution in [3.05, 3.63) is 99.5 Å². The maximum atomic E-state index is 13.3. The summed E-state index contributed by atoms with van der Waals surface area (Å²) in [5, 5.41) is 13.9. The van der Waals surface area contributed by atoms with E-state index < -0.39 is 17.9 Å². The summed E-state index contributed by atoms with van der Waals surface area (Å²) < 4.78 is 6.00. The van der Waals surface area contributed by atoms with Crippen LogP contribution in [0.5, 0.6) is 0 Å². The SMILES string of the molecule is CSCCC(NC(=O)c1ccc(COCc2cnc(-c3ccc(Cl)cc3)s2)cc1-c1ccccc1C)C(=O)O.[LiH]. The molecule has 6 nitrogen and oxygen atoms in total. The molecule has 1 aromatic heterocycles. The third-order valence-corrected chi connectivity index (χ3v) is 8.05. The van der Waals surface area contributed by atoms with Gasteiger partial charge in [0.2, 0.25) is 0 Å². The van der Waals surface area contributed by atoms with Crippen molar-refractivity contribution in [1.29, 1.82) is 0 Å². The Kier molecular flexibility index (Phi) is 12.3. The van der Waals surface area contributed by atoms with Gasteiger partial charge in [-0.1, -0.05) is 54.1 Å². The first kappa shape index (κ1) is 31.9. The molecule has 4 aromatic rings. The van der Waals surface area contributed by atoms with Crippen LogP contribution in [0.15, 0.2) is 72.9 Å². The molecule has 1 amide bonds. The van der Waals surface area contributed by atoms with E-state index >= 15 is 0 Å². The van der Waals surface area contributed by atoms with Crippen molar-refractivity contribution in [2.45, 2.75) is 32.6 Å².